The normalized spacial score (nSPS) is 14.6. The third-order valence-electron chi connectivity index (χ3n) is 5.56. The molecule has 1 aromatic heterocycles. The molecule has 35 heavy (non-hydrogen) atoms. The van der Waals surface area contributed by atoms with E-state index in [4.69, 9.17) is 9.15 Å². The summed E-state index contributed by atoms with van der Waals surface area (Å²) >= 11 is 0. The van der Waals surface area contributed by atoms with Gasteiger partial charge in [-0.15, -0.1) is 0 Å². The van der Waals surface area contributed by atoms with Gasteiger partial charge in [-0.3, -0.25) is 19.3 Å². The van der Waals surface area contributed by atoms with E-state index in [1.54, 1.807) is 36.4 Å². The van der Waals surface area contributed by atoms with Crippen molar-refractivity contribution in [3.05, 3.63) is 84.3 Å². The Labute approximate surface area is 203 Å². The second-order valence-corrected chi connectivity index (χ2v) is 8.20. The Morgan fingerprint density at radius 1 is 0.857 bits per heavy atom. The minimum Gasteiger partial charge on any atom is -0.459 e. The third-order valence-corrected chi connectivity index (χ3v) is 5.56. The fraction of sp³-hybridized carbons (Fsp3) is 0.269. The monoisotopic (exact) mass is 476 g/mol. The van der Waals surface area contributed by atoms with Crippen molar-refractivity contribution in [1.29, 1.82) is 0 Å². The molecule has 1 aliphatic heterocycles. The number of hydrogen-bond acceptors (Lipinski definition) is 6. The number of benzene rings is 2. The molecule has 1 aliphatic rings. The molecular formula is C26H28N4O5. The smallest absolute Gasteiger partial charge is 0.287 e. The van der Waals surface area contributed by atoms with E-state index in [0.29, 0.717) is 37.6 Å². The SMILES string of the molecule is O=C(CN1CCOCC1)Nc1ccc(NC(=O)[C@@H](Cc2ccccc2)NC(=O)c2ccco2)cc1. The molecule has 2 aromatic carbocycles. The number of carbonyl (C=O) groups excluding carboxylic acids is 3. The van der Waals surface area contributed by atoms with Gasteiger partial charge >= 0.3 is 0 Å². The minimum atomic E-state index is -0.817. The van der Waals surface area contributed by atoms with Crippen molar-refractivity contribution in [3.63, 3.8) is 0 Å². The Morgan fingerprint density at radius 2 is 1.54 bits per heavy atom. The molecule has 0 bridgehead atoms. The average Bonchev–Trinajstić information content (AvgIpc) is 3.41. The topological polar surface area (TPSA) is 113 Å². The molecular weight excluding hydrogens is 448 g/mol. The third kappa shape index (κ3) is 7.26. The molecule has 1 saturated heterocycles. The molecule has 3 aromatic rings. The molecule has 0 saturated carbocycles. The summed E-state index contributed by atoms with van der Waals surface area (Å²) < 4.78 is 10.4. The Morgan fingerprint density at radius 3 is 2.20 bits per heavy atom. The van der Waals surface area contributed by atoms with Crippen LogP contribution < -0.4 is 16.0 Å². The van der Waals surface area contributed by atoms with Gasteiger partial charge in [0, 0.05) is 30.9 Å². The Hall–Kier alpha value is -3.95. The van der Waals surface area contributed by atoms with E-state index in [1.165, 1.54) is 6.26 Å². The van der Waals surface area contributed by atoms with Gasteiger partial charge in [0.1, 0.15) is 6.04 Å². The number of nitrogens with one attached hydrogen (secondary N) is 3. The molecule has 0 radical (unpaired) electrons. The number of rotatable bonds is 9. The maximum Gasteiger partial charge on any atom is 0.287 e. The highest BCUT2D eigenvalue weighted by Gasteiger charge is 2.23. The van der Waals surface area contributed by atoms with Gasteiger partial charge in [-0.1, -0.05) is 30.3 Å². The van der Waals surface area contributed by atoms with Crippen molar-refractivity contribution in [2.75, 3.05) is 43.5 Å². The number of carbonyl (C=O) groups is 3. The van der Waals surface area contributed by atoms with Crippen LogP contribution >= 0.6 is 0 Å². The number of morpholine rings is 1. The first-order chi connectivity index (χ1) is 17.1. The van der Waals surface area contributed by atoms with Crippen molar-refractivity contribution in [2.45, 2.75) is 12.5 Å². The minimum absolute atomic E-state index is 0.104. The lowest BCUT2D eigenvalue weighted by Gasteiger charge is -2.25. The van der Waals surface area contributed by atoms with Crippen molar-refractivity contribution in [2.24, 2.45) is 0 Å². The van der Waals surface area contributed by atoms with Crippen LogP contribution in [-0.2, 0) is 20.7 Å². The Bertz CT molecular complexity index is 1110. The van der Waals surface area contributed by atoms with Gasteiger partial charge in [0.15, 0.2) is 5.76 Å². The van der Waals surface area contributed by atoms with Crippen LogP contribution in [-0.4, -0.2) is 61.5 Å². The van der Waals surface area contributed by atoms with Gasteiger partial charge in [-0.25, -0.2) is 0 Å². The predicted octanol–water partition coefficient (Wildman–Crippen LogP) is 2.53. The Balaban J connectivity index is 1.36. The number of furan rings is 1. The second kappa shape index (κ2) is 12.0. The molecule has 9 heteroatoms. The first-order valence-electron chi connectivity index (χ1n) is 11.5. The van der Waals surface area contributed by atoms with Gasteiger partial charge in [-0.2, -0.15) is 0 Å². The molecule has 0 spiro atoms. The van der Waals surface area contributed by atoms with Crippen LogP contribution in [0.15, 0.2) is 77.4 Å². The van der Waals surface area contributed by atoms with Crippen molar-refractivity contribution < 1.29 is 23.5 Å². The summed E-state index contributed by atoms with van der Waals surface area (Å²) in [6.07, 6.45) is 1.72. The summed E-state index contributed by atoms with van der Waals surface area (Å²) in [4.78, 5) is 39.9. The molecule has 2 heterocycles. The van der Waals surface area contributed by atoms with E-state index in [0.717, 1.165) is 18.7 Å². The van der Waals surface area contributed by atoms with Gasteiger partial charge in [-0.05, 0) is 42.0 Å². The zero-order chi connectivity index (χ0) is 24.5. The summed E-state index contributed by atoms with van der Waals surface area (Å²) in [5.41, 5.74) is 2.09. The lowest BCUT2D eigenvalue weighted by atomic mass is 10.0. The molecule has 0 unspecified atom stereocenters. The summed E-state index contributed by atoms with van der Waals surface area (Å²) in [6, 6.07) is 18.6. The number of ether oxygens (including phenoxy) is 1. The maximum atomic E-state index is 13.1. The van der Waals surface area contributed by atoms with Crippen LogP contribution in [0.25, 0.3) is 0 Å². The highest BCUT2D eigenvalue weighted by molar-refractivity contribution is 6.00. The summed E-state index contributed by atoms with van der Waals surface area (Å²) in [7, 11) is 0. The van der Waals surface area contributed by atoms with E-state index < -0.39 is 11.9 Å². The molecule has 182 valence electrons. The Kier molecular flexibility index (Phi) is 8.26. The molecule has 1 fully saturated rings. The highest BCUT2D eigenvalue weighted by Crippen LogP contribution is 2.15. The van der Waals surface area contributed by atoms with E-state index in [2.05, 4.69) is 16.0 Å². The molecule has 9 nitrogen and oxygen atoms in total. The summed E-state index contributed by atoms with van der Waals surface area (Å²) in [6.45, 7) is 3.04. The number of anilines is 2. The van der Waals surface area contributed by atoms with Crippen molar-refractivity contribution >= 4 is 29.1 Å². The first kappa shape index (κ1) is 24.2. The fourth-order valence-corrected chi connectivity index (χ4v) is 3.73. The zero-order valence-corrected chi connectivity index (χ0v) is 19.2. The van der Waals surface area contributed by atoms with Gasteiger partial charge in [0.05, 0.1) is 26.0 Å². The molecule has 1 atom stereocenters. The average molecular weight is 477 g/mol. The first-order valence-corrected chi connectivity index (χ1v) is 11.5. The second-order valence-electron chi connectivity index (χ2n) is 8.20. The van der Waals surface area contributed by atoms with Gasteiger partial charge < -0.3 is 25.1 Å². The number of hydrogen-bond donors (Lipinski definition) is 3. The van der Waals surface area contributed by atoms with Crippen LogP contribution in [0.5, 0.6) is 0 Å². The quantitative estimate of drug-likeness (QED) is 0.438. The maximum absolute atomic E-state index is 13.1. The van der Waals surface area contributed by atoms with E-state index in [9.17, 15) is 14.4 Å². The van der Waals surface area contributed by atoms with Crippen molar-refractivity contribution in [1.82, 2.24) is 10.2 Å². The lowest BCUT2D eigenvalue weighted by Crippen LogP contribution is -2.45. The zero-order valence-electron chi connectivity index (χ0n) is 19.2. The van der Waals surface area contributed by atoms with Crippen LogP contribution in [0, 0.1) is 0 Å². The van der Waals surface area contributed by atoms with E-state index in [1.807, 2.05) is 35.2 Å². The number of amides is 3. The highest BCUT2D eigenvalue weighted by atomic mass is 16.5. The molecule has 4 rings (SSSR count). The fourth-order valence-electron chi connectivity index (χ4n) is 3.73. The van der Waals surface area contributed by atoms with Crippen LogP contribution in [0.4, 0.5) is 11.4 Å². The van der Waals surface area contributed by atoms with Gasteiger partial charge in [0.25, 0.3) is 5.91 Å². The van der Waals surface area contributed by atoms with E-state index >= 15 is 0 Å². The standard InChI is InChI=1S/C26H28N4O5/c31-24(18-30-12-15-34-16-13-30)27-20-8-10-21(11-9-20)28-25(32)22(17-19-5-2-1-3-6-19)29-26(33)23-7-4-14-35-23/h1-11,14,22H,12-13,15-18H2,(H,27,31)(H,28,32)(H,29,33)/t22-/m1/s1. The van der Waals surface area contributed by atoms with E-state index in [-0.39, 0.29) is 17.6 Å². The van der Waals surface area contributed by atoms with Crippen LogP contribution in [0.3, 0.4) is 0 Å². The predicted molar refractivity (Wildman–Crippen MR) is 131 cm³/mol. The van der Waals surface area contributed by atoms with Crippen LogP contribution in [0.1, 0.15) is 16.1 Å². The van der Waals surface area contributed by atoms with Crippen LogP contribution in [0.2, 0.25) is 0 Å². The molecule has 3 N–H and O–H groups in total. The van der Waals surface area contributed by atoms with Crippen molar-refractivity contribution in [3.8, 4) is 0 Å². The largest absolute Gasteiger partial charge is 0.459 e. The number of nitrogens with zero attached hydrogens (tertiary/aromatic N) is 1. The lowest BCUT2D eigenvalue weighted by molar-refractivity contribution is -0.119. The summed E-state index contributed by atoms with van der Waals surface area (Å²) in [5.74, 6) is -0.803. The van der Waals surface area contributed by atoms with Gasteiger partial charge in [0.2, 0.25) is 11.8 Å². The summed E-state index contributed by atoms with van der Waals surface area (Å²) in [5, 5.41) is 8.45. The molecule has 3 amide bonds. The molecule has 0 aliphatic carbocycles.